The van der Waals surface area contributed by atoms with Gasteiger partial charge in [0.1, 0.15) is 5.76 Å². The number of aromatic nitrogens is 2. The molecule has 7 heteroatoms. The van der Waals surface area contributed by atoms with E-state index in [0.29, 0.717) is 23.6 Å². The molecule has 1 atom stereocenters. The molecule has 0 spiro atoms. The molecule has 0 fully saturated rings. The van der Waals surface area contributed by atoms with Crippen molar-refractivity contribution < 1.29 is 18.8 Å². The van der Waals surface area contributed by atoms with Gasteiger partial charge < -0.3 is 19.6 Å². The smallest absolute Gasteiger partial charge is 0.341 e. The highest BCUT2D eigenvalue weighted by Gasteiger charge is 2.24. The van der Waals surface area contributed by atoms with Crippen LogP contribution in [0.2, 0.25) is 0 Å². The van der Waals surface area contributed by atoms with E-state index >= 15 is 0 Å². The second-order valence-corrected chi connectivity index (χ2v) is 5.36. The molecule has 2 heterocycles. The molecule has 2 aromatic heterocycles. The van der Waals surface area contributed by atoms with E-state index in [1.807, 2.05) is 24.3 Å². The maximum absolute atomic E-state index is 12.4. The number of hydrogen-bond donors (Lipinski definition) is 2. The molecule has 2 N–H and O–H groups in total. The minimum absolute atomic E-state index is 0.291. The van der Waals surface area contributed by atoms with E-state index in [0.717, 1.165) is 10.9 Å². The number of para-hydroxylation sites is 1. The number of ether oxygens (including phenoxy) is 1. The number of aromatic amines is 1. The summed E-state index contributed by atoms with van der Waals surface area (Å²) in [5.41, 5.74) is 1.23. The first kappa shape index (κ1) is 15.8. The lowest BCUT2D eigenvalue weighted by atomic mass is 10.2. The van der Waals surface area contributed by atoms with Crippen molar-refractivity contribution in [1.29, 1.82) is 0 Å². The van der Waals surface area contributed by atoms with Crippen LogP contribution in [0.4, 0.5) is 5.82 Å². The molecule has 24 heavy (non-hydrogen) atoms. The van der Waals surface area contributed by atoms with E-state index in [1.165, 1.54) is 0 Å². The van der Waals surface area contributed by atoms with Gasteiger partial charge in [0.25, 0.3) is 5.91 Å². The van der Waals surface area contributed by atoms with Crippen molar-refractivity contribution in [3.63, 3.8) is 0 Å². The van der Waals surface area contributed by atoms with Crippen LogP contribution in [0.3, 0.4) is 0 Å². The Balaban J connectivity index is 1.72. The van der Waals surface area contributed by atoms with E-state index in [-0.39, 0.29) is 0 Å². The van der Waals surface area contributed by atoms with Gasteiger partial charge in [0.05, 0.1) is 5.56 Å². The summed E-state index contributed by atoms with van der Waals surface area (Å²) < 4.78 is 10.3. The van der Waals surface area contributed by atoms with Crippen LogP contribution in [0.15, 0.2) is 41.1 Å². The lowest BCUT2D eigenvalue weighted by molar-refractivity contribution is -0.124. The molecule has 7 nitrogen and oxygen atoms in total. The van der Waals surface area contributed by atoms with Crippen molar-refractivity contribution in [2.75, 3.05) is 5.32 Å². The monoisotopic (exact) mass is 327 g/mol. The Kier molecular flexibility index (Phi) is 4.33. The normalized spacial score (nSPS) is 12.1. The van der Waals surface area contributed by atoms with E-state index in [1.54, 1.807) is 26.1 Å². The third-order valence-electron chi connectivity index (χ3n) is 3.60. The number of fused-ring (bicyclic) bond motifs is 1. The van der Waals surface area contributed by atoms with Gasteiger partial charge in [0.15, 0.2) is 11.9 Å². The van der Waals surface area contributed by atoms with E-state index in [4.69, 9.17) is 9.26 Å². The summed E-state index contributed by atoms with van der Waals surface area (Å²) in [5, 5.41) is 7.02. The summed E-state index contributed by atoms with van der Waals surface area (Å²) in [4.78, 5) is 27.6. The average Bonchev–Trinajstić information content (AvgIpc) is 3.18. The number of carbonyl (C=O) groups is 2. The van der Waals surface area contributed by atoms with Crippen LogP contribution in [0.5, 0.6) is 0 Å². The van der Waals surface area contributed by atoms with E-state index in [9.17, 15) is 9.59 Å². The first-order valence-electron chi connectivity index (χ1n) is 7.59. The van der Waals surface area contributed by atoms with Crippen LogP contribution in [0.25, 0.3) is 10.9 Å². The molecule has 124 valence electrons. The van der Waals surface area contributed by atoms with Crippen LogP contribution < -0.4 is 5.32 Å². The van der Waals surface area contributed by atoms with Crippen molar-refractivity contribution in [3.8, 4) is 0 Å². The summed E-state index contributed by atoms with van der Waals surface area (Å²) in [7, 11) is 0. The van der Waals surface area contributed by atoms with E-state index in [2.05, 4.69) is 15.5 Å². The average molecular weight is 327 g/mol. The largest absolute Gasteiger partial charge is 0.449 e. The molecule has 0 bridgehead atoms. The second-order valence-electron chi connectivity index (χ2n) is 5.36. The van der Waals surface area contributed by atoms with Gasteiger partial charge in [0, 0.05) is 23.2 Å². The van der Waals surface area contributed by atoms with Crippen molar-refractivity contribution in [2.24, 2.45) is 0 Å². The Morgan fingerprint density at radius 2 is 2.17 bits per heavy atom. The standard InChI is InChI=1S/C17H17N3O4/c1-3-14(16(21)19-15-8-10(2)24-20-15)23-17(22)12-9-18-13-7-5-4-6-11(12)13/h4-9,14,18H,3H2,1-2H3,(H,19,20,21)/t14-/m1/s1. The van der Waals surface area contributed by atoms with Crippen molar-refractivity contribution >= 4 is 28.6 Å². The van der Waals surface area contributed by atoms with Gasteiger partial charge in [0.2, 0.25) is 0 Å². The molecule has 0 radical (unpaired) electrons. The zero-order chi connectivity index (χ0) is 17.1. The van der Waals surface area contributed by atoms with Crippen molar-refractivity contribution in [3.05, 3.63) is 47.9 Å². The quantitative estimate of drug-likeness (QED) is 0.702. The summed E-state index contributed by atoms with van der Waals surface area (Å²) in [6.07, 6.45) is 1.01. The fraction of sp³-hybridized carbons (Fsp3) is 0.235. The molecule has 0 saturated heterocycles. The number of H-pyrrole nitrogens is 1. The summed E-state index contributed by atoms with van der Waals surface area (Å²) in [6, 6.07) is 8.98. The molecule has 0 aliphatic carbocycles. The SMILES string of the molecule is CC[C@@H](OC(=O)c1c[nH]c2ccccc12)C(=O)Nc1cc(C)on1. The number of anilines is 1. The molecular weight excluding hydrogens is 310 g/mol. The number of amides is 1. The third kappa shape index (κ3) is 3.15. The Hall–Kier alpha value is -3.09. The maximum atomic E-state index is 12.4. The van der Waals surface area contributed by atoms with Crippen LogP contribution in [-0.2, 0) is 9.53 Å². The number of benzene rings is 1. The van der Waals surface area contributed by atoms with Crippen LogP contribution >= 0.6 is 0 Å². The van der Waals surface area contributed by atoms with Gasteiger partial charge in [-0.25, -0.2) is 4.79 Å². The first-order valence-corrected chi connectivity index (χ1v) is 7.59. The zero-order valence-corrected chi connectivity index (χ0v) is 13.3. The van der Waals surface area contributed by atoms with Crippen LogP contribution in [-0.4, -0.2) is 28.1 Å². The fourth-order valence-corrected chi connectivity index (χ4v) is 2.39. The first-order chi connectivity index (χ1) is 11.6. The topological polar surface area (TPSA) is 97.2 Å². The summed E-state index contributed by atoms with van der Waals surface area (Å²) in [6.45, 7) is 3.48. The molecule has 1 amide bonds. The molecule has 0 aliphatic rings. The molecule has 3 rings (SSSR count). The number of nitrogens with zero attached hydrogens (tertiary/aromatic N) is 1. The molecule has 0 aliphatic heterocycles. The summed E-state index contributed by atoms with van der Waals surface area (Å²) in [5.74, 6) is -0.127. The van der Waals surface area contributed by atoms with Crippen LogP contribution in [0, 0.1) is 6.92 Å². The Labute approximate surface area is 138 Å². The van der Waals surface area contributed by atoms with Crippen LogP contribution in [0.1, 0.15) is 29.5 Å². The highest BCUT2D eigenvalue weighted by Crippen LogP contribution is 2.19. The Morgan fingerprint density at radius 3 is 2.88 bits per heavy atom. The molecular formula is C17H17N3O4. The minimum atomic E-state index is -0.914. The maximum Gasteiger partial charge on any atom is 0.341 e. The van der Waals surface area contributed by atoms with Gasteiger partial charge >= 0.3 is 5.97 Å². The highest BCUT2D eigenvalue weighted by atomic mass is 16.5. The number of esters is 1. The number of carbonyl (C=O) groups excluding carboxylic acids is 2. The highest BCUT2D eigenvalue weighted by molar-refractivity contribution is 6.05. The lowest BCUT2D eigenvalue weighted by Crippen LogP contribution is -2.32. The molecule has 3 aromatic rings. The number of hydrogen-bond acceptors (Lipinski definition) is 5. The number of nitrogens with one attached hydrogen (secondary N) is 2. The Morgan fingerprint density at radius 1 is 1.38 bits per heavy atom. The van der Waals surface area contributed by atoms with Gasteiger partial charge in [-0.3, -0.25) is 4.79 Å². The fourth-order valence-electron chi connectivity index (χ4n) is 2.39. The predicted molar refractivity (Wildman–Crippen MR) is 87.7 cm³/mol. The number of rotatable bonds is 5. The van der Waals surface area contributed by atoms with Gasteiger partial charge in [-0.2, -0.15) is 0 Å². The van der Waals surface area contributed by atoms with Gasteiger partial charge in [-0.15, -0.1) is 0 Å². The third-order valence-corrected chi connectivity index (χ3v) is 3.60. The predicted octanol–water partition coefficient (Wildman–Crippen LogP) is 3.04. The number of aryl methyl sites for hydroxylation is 1. The Bertz CT molecular complexity index is 881. The minimum Gasteiger partial charge on any atom is -0.449 e. The van der Waals surface area contributed by atoms with Crippen molar-refractivity contribution in [2.45, 2.75) is 26.4 Å². The van der Waals surface area contributed by atoms with Gasteiger partial charge in [-0.05, 0) is 19.4 Å². The molecule has 0 saturated carbocycles. The zero-order valence-electron chi connectivity index (χ0n) is 13.3. The van der Waals surface area contributed by atoms with E-state index < -0.39 is 18.0 Å². The van der Waals surface area contributed by atoms with Gasteiger partial charge in [-0.1, -0.05) is 30.3 Å². The molecule has 1 aromatic carbocycles. The molecule has 0 unspecified atom stereocenters. The second kappa shape index (κ2) is 6.57. The summed E-state index contributed by atoms with van der Waals surface area (Å²) >= 11 is 0. The lowest BCUT2D eigenvalue weighted by Gasteiger charge is -2.14. The van der Waals surface area contributed by atoms with Crippen molar-refractivity contribution in [1.82, 2.24) is 10.1 Å².